The molecule has 1 N–H and O–H groups in total. The third-order valence-electron chi connectivity index (χ3n) is 2.24. The van der Waals surface area contributed by atoms with Crippen LogP contribution in [-0.4, -0.2) is 20.7 Å². The predicted octanol–water partition coefficient (Wildman–Crippen LogP) is 0.840. The summed E-state index contributed by atoms with van der Waals surface area (Å²) in [4.78, 5) is 15.6. The van der Waals surface area contributed by atoms with E-state index in [1.807, 2.05) is 6.07 Å². The number of aryl methyl sites for hydroxylation is 2. The number of amides is 1. The van der Waals surface area contributed by atoms with Crippen LogP contribution in [0.2, 0.25) is 0 Å². The molecule has 0 aromatic carbocycles. The molecule has 1 amide bonds. The molecule has 0 saturated carbocycles. The largest absolute Gasteiger partial charge is 0.438 e. The molecule has 2 aromatic rings. The monoisotopic (exact) mass is 231 g/mol. The van der Waals surface area contributed by atoms with Crippen molar-refractivity contribution in [3.05, 3.63) is 29.6 Å². The van der Waals surface area contributed by atoms with Gasteiger partial charge in [0, 0.05) is 7.05 Å². The fourth-order valence-electron chi connectivity index (χ4n) is 1.35. The van der Waals surface area contributed by atoms with E-state index in [0.717, 1.165) is 0 Å². The molecule has 2 rings (SSSR count). The maximum atomic E-state index is 11.8. The molecule has 2 aromatic heterocycles. The normalized spacial score (nSPS) is 9.94. The highest BCUT2D eigenvalue weighted by Crippen LogP contribution is 2.15. The average molecular weight is 231 g/mol. The molecule has 0 aliphatic heterocycles. The number of hydrogen-bond donors (Lipinski definition) is 1. The first-order valence-electron chi connectivity index (χ1n) is 4.77. The molecule has 0 radical (unpaired) electrons. The number of rotatable bonds is 2. The summed E-state index contributed by atoms with van der Waals surface area (Å²) in [6.07, 6.45) is 2.57. The first-order valence-corrected chi connectivity index (χ1v) is 4.77. The summed E-state index contributed by atoms with van der Waals surface area (Å²) in [5.41, 5.74) is 0.779. The number of carbonyl (C=O) groups is 1. The molecule has 0 saturated heterocycles. The van der Waals surface area contributed by atoms with Crippen LogP contribution in [0.3, 0.4) is 0 Å². The number of oxazole rings is 1. The second-order valence-electron chi connectivity index (χ2n) is 3.36. The van der Waals surface area contributed by atoms with E-state index in [1.165, 1.54) is 17.3 Å². The fraction of sp³-hybridized carbons (Fsp3) is 0.200. The Morgan fingerprint density at radius 3 is 3.00 bits per heavy atom. The quantitative estimate of drug-likeness (QED) is 0.825. The summed E-state index contributed by atoms with van der Waals surface area (Å²) < 4.78 is 6.36. The lowest BCUT2D eigenvalue weighted by Gasteiger charge is -2.03. The molecular formula is C10H9N5O2. The van der Waals surface area contributed by atoms with Gasteiger partial charge in [0.05, 0.1) is 11.9 Å². The first kappa shape index (κ1) is 10.9. The zero-order chi connectivity index (χ0) is 12.4. The van der Waals surface area contributed by atoms with E-state index in [4.69, 9.17) is 9.68 Å². The van der Waals surface area contributed by atoms with Crippen molar-refractivity contribution in [3.8, 4) is 6.07 Å². The lowest BCUT2D eigenvalue weighted by atomic mass is 10.3. The highest BCUT2D eigenvalue weighted by molar-refractivity contribution is 6.03. The Hall–Kier alpha value is -2.62. The van der Waals surface area contributed by atoms with Gasteiger partial charge < -0.3 is 9.73 Å². The van der Waals surface area contributed by atoms with Crippen molar-refractivity contribution in [1.29, 1.82) is 5.26 Å². The van der Waals surface area contributed by atoms with Crippen LogP contribution in [0, 0.1) is 18.3 Å². The highest BCUT2D eigenvalue weighted by Gasteiger charge is 2.17. The number of hydrogen-bond acceptors (Lipinski definition) is 5. The molecule has 86 valence electrons. The second-order valence-corrected chi connectivity index (χ2v) is 3.36. The number of anilines is 1. The van der Waals surface area contributed by atoms with Gasteiger partial charge in [0.15, 0.2) is 6.39 Å². The zero-order valence-corrected chi connectivity index (χ0v) is 9.26. The van der Waals surface area contributed by atoms with E-state index >= 15 is 0 Å². The molecule has 2 heterocycles. The summed E-state index contributed by atoms with van der Waals surface area (Å²) >= 11 is 0. The maximum Gasteiger partial charge on any atom is 0.294 e. The topological polar surface area (TPSA) is 96.7 Å². The van der Waals surface area contributed by atoms with Crippen LogP contribution in [0.5, 0.6) is 0 Å². The van der Waals surface area contributed by atoms with E-state index < -0.39 is 5.91 Å². The summed E-state index contributed by atoms with van der Waals surface area (Å²) in [5, 5.41) is 15.3. The van der Waals surface area contributed by atoms with E-state index in [1.54, 1.807) is 14.0 Å². The standard InChI is InChI=1S/C10H9N5O2/c1-6-8(17-5-12-6)10(16)14-9-7(3-11)4-13-15(9)2/h4-5H,1-2H3,(H,14,16). The molecule has 0 spiro atoms. The van der Waals surface area contributed by atoms with Crippen LogP contribution < -0.4 is 5.32 Å². The van der Waals surface area contributed by atoms with Crippen molar-refractivity contribution in [2.45, 2.75) is 6.92 Å². The van der Waals surface area contributed by atoms with E-state index in [2.05, 4.69) is 15.4 Å². The molecule has 0 atom stereocenters. The Labute approximate surface area is 96.7 Å². The Kier molecular flexibility index (Phi) is 2.62. The molecule has 17 heavy (non-hydrogen) atoms. The van der Waals surface area contributed by atoms with Crippen LogP contribution >= 0.6 is 0 Å². The van der Waals surface area contributed by atoms with Gasteiger partial charge in [0.2, 0.25) is 5.76 Å². The van der Waals surface area contributed by atoms with Crippen LogP contribution in [0.25, 0.3) is 0 Å². The summed E-state index contributed by atoms with van der Waals surface area (Å²) in [6.45, 7) is 1.66. The Balaban J connectivity index is 2.28. The number of nitrogens with one attached hydrogen (secondary N) is 1. The Morgan fingerprint density at radius 1 is 1.65 bits per heavy atom. The van der Waals surface area contributed by atoms with Crippen molar-refractivity contribution in [1.82, 2.24) is 14.8 Å². The first-order chi connectivity index (χ1) is 8.13. The van der Waals surface area contributed by atoms with Gasteiger partial charge in [-0.15, -0.1) is 0 Å². The molecular weight excluding hydrogens is 222 g/mol. The summed E-state index contributed by atoms with van der Waals surface area (Å²) in [7, 11) is 1.63. The van der Waals surface area contributed by atoms with Gasteiger partial charge in [-0.3, -0.25) is 9.48 Å². The SMILES string of the molecule is Cc1ncoc1C(=O)Nc1c(C#N)cnn1C. The summed E-state index contributed by atoms with van der Waals surface area (Å²) in [6, 6.07) is 1.94. The Morgan fingerprint density at radius 2 is 2.41 bits per heavy atom. The predicted molar refractivity (Wildman–Crippen MR) is 57.1 cm³/mol. The van der Waals surface area contributed by atoms with Gasteiger partial charge in [-0.2, -0.15) is 10.4 Å². The van der Waals surface area contributed by atoms with Crippen molar-refractivity contribution in [2.24, 2.45) is 7.05 Å². The fourth-order valence-corrected chi connectivity index (χ4v) is 1.35. The van der Waals surface area contributed by atoms with Gasteiger partial charge in [0.1, 0.15) is 17.5 Å². The molecule has 0 bridgehead atoms. The van der Waals surface area contributed by atoms with Crippen molar-refractivity contribution < 1.29 is 9.21 Å². The van der Waals surface area contributed by atoms with Gasteiger partial charge in [-0.1, -0.05) is 0 Å². The van der Waals surface area contributed by atoms with Crippen molar-refractivity contribution >= 4 is 11.7 Å². The van der Waals surface area contributed by atoms with E-state index in [9.17, 15) is 4.79 Å². The molecule has 7 nitrogen and oxygen atoms in total. The lowest BCUT2D eigenvalue weighted by molar-refractivity contribution is 0.0995. The minimum Gasteiger partial charge on any atom is -0.438 e. The molecule has 0 fully saturated rings. The van der Waals surface area contributed by atoms with Crippen LogP contribution in [0.4, 0.5) is 5.82 Å². The smallest absolute Gasteiger partial charge is 0.294 e. The van der Waals surface area contributed by atoms with Crippen molar-refractivity contribution in [2.75, 3.05) is 5.32 Å². The van der Waals surface area contributed by atoms with Gasteiger partial charge in [-0.05, 0) is 6.92 Å². The third-order valence-corrected chi connectivity index (χ3v) is 2.24. The van der Waals surface area contributed by atoms with E-state index in [0.29, 0.717) is 11.5 Å². The molecule has 0 aliphatic rings. The summed E-state index contributed by atoms with van der Waals surface area (Å²) in [5.74, 6) is -0.0107. The zero-order valence-electron chi connectivity index (χ0n) is 9.26. The van der Waals surface area contributed by atoms with Gasteiger partial charge >= 0.3 is 0 Å². The average Bonchev–Trinajstić information content (AvgIpc) is 2.87. The van der Waals surface area contributed by atoms with Crippen LogP contribution in [-0.2, 0) is 7.05 Å². The Bertz CT molecular complexity index is 604. The maximum absolute atomic E-state index is 11.8. The van der Waals surface area contributed by atoms with Crippen LogP contribution in [0.15, 0.2) is 17.0 Å². The highest BCUT2D eigenvalue weighted by atomic mass is 16.3. The minimum absolute atomic E-state index is 0.120. The second kappa shape index (κ2) is 4.09. The minimum atomic E-state index is -0.458. The lowest BCUT2D eigenvalue weighted by Crippen LogP contribution is -2.15. The van der Waals surface area contributed by atoms with Gasteiger partial charge in [-0.25, -0.2) is 4.98 Å². The number of nitriles is 1. The molecule has 0 aliphatic carbocycles. The van der Waals surface area contributed by atoms with Crippen molar-refractivity contribution in [3.63, 3.8) is 0 Å². The number of nitrogens with zero attached hydrogens (tertiary/aromatic N) is 4. The van der Waals surface area contributed by atoms with E-state index in [-0.39, 0.29) is 11.3 Å². The number of carbonyl (C=O) groups excluding carboxylic acids is 1. The third kappa shape index (κ3) is 1.88. The van der Waals surface area contributed by atoms with Crippen LogP contribution in [0.1, 0.15) is 21.8 Å². The van der Waals surface area contributed by atoms with Gasteiger partial charge in [0.25, 0.3) is 5.91 Å². The molecule has 7 heteroatoms. The molecule has 0 unspecified atom stereocenters. The number of aromatic nitrogens is 3.